The van der Waals surface area contributed by atoms with Crippen molar-refractivity contribution in [3.8, 4) is 11.4 Å². The van der Waals surface area contributed by atoms with E-state index in [1.807, 2.05) is 13.0 Å². The van der Waals surface area contributed by atoms with Crippen LogP contribution >= 0.6 is 11.6 Å². The fourth-order valence-electron chi connectivity index (χ4n) is 3.46. The molecule has 0 saturated carbocycles. The van der Waals surface area contributed by atoms with Crippen LogP contribution in [0.5, 0.6) is 0 Å². The number of aryl methyl sites for hydroxylation is 1. The Morgan fingerprint density at radius 2 is 1.94 bits per heavy atom. The first kappa shape index (κ1) is 23.9. The lowest BCUT2D eigenvalue weighted by atomic mass is 10.2. The van der Waals surface area contributed by atoms with Gasteiger partial charge >= 0.3 is 0 Å². The van der Waals surface area contributed by atoms with Gasteiger partial charge in [-0.2, -0.15) is 0 Å². The fourth-order valence-corrected chi connectivity index (χ4v) is 5.00. The van der Waals surface area contributed by atoms with Gasteiger partial charge < -0.3 is 13.8 Å². The van der Waals surface area contributed by atoms with Crippen LogP contribution in [-0.2, 0) is 26.9 Å². The third-order valence-corrected chi connectivity index (χ3v) is 7.48. The Balaban J connectivity index is 1.68. The van der Waals surface area contributed by atoms with Gasteiger partial charge in [0.1, 0.15) is 29.6 Å². The Hall–Kier alpha value is -3.22. The molecule has 0 radical (unpaired) electrons. The van der Waals surface area contributed by atoms with Crippen molar-refractivity contribution in [1.82, 2.24) is 34.9 Å². The molecule has 4 heterocycles. The molecular weight excluding hydrogens is 482 g/mol. The maximum atomic E-state index is 13.4. The van der Waals surface area contributed by atoms with Crippen LogP contribution in [0.3, 0.4) is 0 Å². The lowest BCUT2D eigenvalue weighted by molar-refractivity contribution is 0.0948. The number of pyridine rings is 1. The molecular formula is C21H22ClN7O4S. The molecule has 0 spiro atoms. The molecule has 4 aromatic rings. The number of methoxy groups -OCH3 is 1. The predicted molar refractivity (Wildman–Crippen MR) is 122 cm³/mol. The van der Waals surface area contributed by atoms with E-state index in [0.29, 0.717) is 22.1 Å². The van der Waals surface area contributed by atoms with Crippen LogP contribution < -0.4 is 0 Å². The zero-order chi connectivity index (χ0) is 24.3. The monoisotopic (exact) mass is 503 g/mol. The summed E-state index contributed by atoms with van der Waals surface area (Å²) in [4.78, 5) is 12.5. The summed E-state index contributed by atoms with van der Waals surface area (Å²) in [6, 6.07) is 3.59. The summed E-state index contributed by atoms with van der Waals surface area (Å²) in [5.74, 6) is 0.560. The zero-order valence-corrected chi connectivity index (χ0v) is 20.2. The highest BCUT2D eigenvalue weighted by Crippen LogP contribution is 2.27. The van der Waals surface area contributed by atoms with Gasteiger partial charge in [0.25, 0.3) is 0 Å². The molecule has 13 heteroatoms. The zero-order valence-electron chi connectivity index (χ0n) is 18.7. The Morgan fingerprint density at radius 3 is 2.59 bits per heavy atom. The maximum Gasteiger partial charge on any atom is 0.165 e. The highest BCUT2D eigenvalue weighted by Gasteiger charge is 2.34. The van der Waals surface area contributed by atoms with Crippen molar-refractivity contribution in [3.63, 3.8) is 0 Å². The summed E-state index contributed by atoms with van der Waals surface area (Å²) in [7, 11) is -2.37. The number of hydrogen-bond donors (Lipinski definition) is 0. The van der Waals surface area contributed by atoms with Crippen LogP contribution in [0.1, 0.15) is 35.9 Å². The van der Waals surface area contributed by atoms with Crippen LogP contribution in [0.4, 0.5) is 0 Å². The van der Waals surface area contributed by atoms with Gasteiger partial charge in [-0.3, -0.25) is 4.98 Å². The summed E-state index contributed by atoms with van der Waals surface area (Å²) in [6.45, 7) is 3.68. The molecule has 0 saturated heterocycles. The minimum Gasteiger partial charge on any atom is -0.372 e. The molecule has 0 aliphatic carbocycles. The number of aromatic nitrogens is 7. The molecule has 4 aromatic heterocycles. The van der Waals surface area contributed by atoms with Crippen molar-refractivity contribution in [1.29, 1.82) is 0 Å². The van der Waals surface area contributed by atoms with Crippen molar-refractivity contribution in [3.05, 3.63) is 71.1 Å². The van der Waals surface area contributed by atoms with Gasteiger partial charge in [-0.15, -0.1) is 10.2 Å². The predicted octanol–water partition coefficient (Wildman–Crippen LogP) is 2.82. The molecule has 0 bridgehead atoms. The van der Waals surface area contributed by atoms with E-state index in [4.69, 9.17) is 20.9 Å². The lowest BCUT2D eigenvalue weighted by Crippen LogP contribution is -2.30. The van der Waals surface area contributed by atoms with Crippen LogP contribution in [-0.4, -0.2) is 55.7 Å². The molecule has 4 rings (SSSR count). The largest absolute Gasteiger partial charge is 0.372 e. The molecule has 34 heavy (non-hydrogen) atoms. The molecule has 0 aromatic carbocycles. The van der Waals surface area contributed by atoms with Crippen LogP contribution in [0.15, 0.2) is 47.7 Å². The third kappa shape index (κ3) is 5.13. The molecule has 0 unspecified atom stereocenters. The van der Waals surface area contributed by atoms with Crippen LogP contribution in [0.2, 0.25) is 5.02 Å². The van der Waals surface area contributed by atoms with Crippen molar-refractivity contribution < 1.29 is 17.7 Å². The van der Waals surface area contributed by atoms with Gasteiger partial charge in [0.2, 0.25) is 0 Å². The summed E-state index contributed by atoms with van der Waals surface area (Å²) < 4.78 is 38.9. The minimum absolute atomic E-state index is 0.221. The first-order valence-electron chi connectivity index (χ1n) is 10.2. The van der Waals surface area contributed by atoms with Gasteiger partial charge in [-0.25, -0.2) is 18.4 Å². The van der Waals surface area contributed by atoms with Gasteiger partial charge in [-0.05, 0) is 25.5 Å². The Morgan fingerprint density at radius 1 is 1.18 bits per heavy atom. The second-order valence-corrected chi connectivity index (χ2v) is 10.5. The normalized spacial score (nSPS) is 13.6. The molecule has 178 valence electrons. The summed E-state index contributed by atoms with van der Waals surface area (Å²) in [5.41, 5.74) is 2.23. The smallest absolute Gasteiger partial charge is 0.165 e. The Kier molecular flexibility index (Phi) is 7.00. The fraction of sp³-hybridized carbons (Fsp3) is 0.333. The number of rotatable bonds is 9. The topological polar surface area (TPSA) is 139 Å². The number of ether oxygens (including phenoxy) is 1. The highest BCUT2D eigenvalue weighted by atomic mass is 35.5. The minimum atomic E-state index is -3.78. The summed E-state index contributed by atoms with van der Waals surface area (Å²) in [6.07, 6.45) is 6.71. The second kappa shape index (κ2) is 9.95. The molecule has 0 aliphatic heterocycles. The van der Waals surface area contributed by atoms with Crippen molar-refractivity contribution in [2.45, 2.75) is 37.5 Å². The average Bonchev–Trinajstić information content (AvgIpc) is 3.46. The van der Waals surface area contributed by atoms with E-state index in [9.17, 15) is 8.42 Å². The second-order valence-electron chi connectivity index (χ2n) is 7.70. The van der Waals surface area contributed by atoms with Gasteiger partial charge in [-0.1, -0.05) is 16.8 Å². The number of sulfone groups is 1. The standard InChI is InChI=1S/C21H22ClN7O4S/c1-13-6-15(8-23-7-13)21-27-26-18(29(21)11-17-4-5-33-28-17)12-34(30,31)14(2)19(32-3)20-24-9-16(22)10-25-20/h4-10,14,19H,11-12H2,1-3H3/t14-,19-/m0/s1. The van der Waals surface area contributed by atoms with E-state index in [1.54, 1.807) is 30.0 Å². The lowest BCUT2D eigenvalue weighted by Gasteiger charge is -2.21. The highest BCUT2D eigenvalue weighted by molar-refractivity contribution is 7.91. The summed E-state index contributed by atoms with van der Waals surface area (Å²) >= 11 is 5.86. The Bertz CT molecular complexity index is 1360. The molecule has 0 amide bonds. The molecule has 0 aliphatic rings. The molecule has 11 nitrogen and oxygen atoms in total. The quantitative estimate of drug-likeness (QED) is 0.335. The number of hydrogen-bond acceptors (Lipinski definition) is 10. The van der Waals surface area contributed by atoms with Crippen molar-refractivity contribution >= 4 is 21.4 Å². The maximum absolute atomic E-state index is 13.4. The van der Waals surface area contributed by atoms with Crippen molar-refractivity contribution in [2.24, 2.45) is 0 Å². The van der Waals surface area contributed by atoms with Gasteiger partial charge in [0.05, 0.1) is 16.8 Å². The van der Waals surface area contributed by atoms with Crippen LogP contribution in [0, 0.1) is 6.92 Å². The third-order valence-electron chi connectivity index (χ3n) is 5.24. The first-order valence-corrected chi connectivity index (χ1v) is 12.3. The van der Waals surface area contributed by atoms with E-state index in [0.717, 1.165) is 5.56 Å². The van der Waals surface area contributed by atoms with Gasteiger partial charge in [0, 0.05) is 43.5 Å². The van der Waals surface area contributed by atoms with Gasteiger partial charge in [0.15, 0.2) is 21.5 Å². The Labute approximate surface area is 201 Å². The van der Waals surface area contributed by atoms with E-state index >= 15 is 0 Å². The summed E-state index contributed by atoms with van der Waals surface area (Å²) in [5, 5.41) is 11.8. The molecule has 0 N–H and O–H groups in total. The average molecular weight is 504 g/mol. The van der Waals surface area contributed by atoms with E-state index in [2.05, 4.69) is 30.3 Å². The SMILES string of the molecule is CO[C@H](c1ncc(Cl)cn1)[C@H](C)S(=O)(=O)Cc1nnc(-c2cncc(C)c2)n1Cc1ccon1. The van der Waals surface area contributed by atoms with E-state index < -0.39 is 21.2 Å². The molecule has 0 fully saturated rings. The van der Waals surface area contributed by atoms with E-state index in [-0.39, 0.29) is 23.9 Å². The number of nitrogens with zero attached hydrogens (tertiary/aromatic N) is 7. The van der Waals surface area contributed by atoms with Crippen molar-refractivity contribution in [2.75, 3.05) is 7.11 Å². The molecule has 2 atom stereocenters. The number of halogens is 1. The van der Waals surface area contributed by atoms with E-state index in [1.165, 1.54) is 25.8 Å². The first-order chi connectivity index (χ1) is 16.3. The van der Waals surface area contributed by atoms with Crippen LogP contribution in [0.25, 0.3) is 11.4 Å².